The van der Waals surface area contributed by atoms with Crippen LogP contribution in [0.2, 0.25) is 0 Å². The van der Waals surface area contributed by atoms with Gasteiger partial charge in [0.15, 0.2) is 0 Å². The summed E-state index contributed by atoms with van der Waals surface area (Å²) in [6, 6.07) is 7.28. The predicted molar refractivity (Wildman–Crippen MR) is 57.8 cm³/mol. The minimum Gasteiger partial charge on any atom is -0.530 e. The van der Waals surface area contributed by atoms with E-state index in [1.54, 1.807) is 30.3 Å². The van der Waals surface area contributed by atoms with E-state index < -0.39 is 24.9 Å². The highest BCUT2D eigenvalue weighted by molar-refractivity contribution is 5.64. The molecule has 1 aromatic carbocycles. The standard InChI is InChI=1S/C11H13NO6/c13-6-8(12-10(14)15)7-17-11(16)18-9-4-2-1-3-5-9/h1-5,8,12-13H,6-7H2,(H,14,15)/p-1. The van der Waals surface area contributed by atoms with Gasteiger partial charge < -0.3 is 29.8 Å². The summed E-state index contributed by atoms with van der Waals surface area (Å²) in [5.41, 5.74) is 0. The minimum absolute atomic E-state index is 0.302. The second kappa shape index (κ2) is 7.13. The van der Waals surface area contributed by atoms with Crippen LogP contribution in [0.15, 0.2) is 30.3 Å². The van der Waals surface area contributed by atoms with Crippen LogP contribution in [-0.4, -0.2) is 36.6 Å². The summed E-state index contributed by atoms with van der Waals surface area (Å²) in [5.74, 6) is 0.302. The van der Waals surface area contributed by atoms with Crippen molar-refractivity contribution in [1.29, 1.82) is 0 Å². The van der Waals surface area contributed by atoms with Crippen LogP contribution >= 0.6 is 0 Å². The summed E-state index contributed by atoms with van der Waals surface area (Å²) in [6.45, 7) is -0.872. The van der Waals surface area contributed by atoms with E-state index in [1.165, 1.54) is 0 Å². The third kappa shape index (κ3) is 5.17. The fraction of sp³-hybridized carbons (Fsp3) is 0.273. The normalized spacial score (nSPS) is 11.4. The highest BCUT2D eigenvalue weighted by Gasteiger charge is 2.12. The quantitative estimate of drug-likeness (QED) is 0.541. The lowest BCUT2D eigenvalue weighted by molar-refractivity contribution is -0.252. The number of ether oxygens (including phenoxy) is 2. The number of carboxylic acid groups (broad SMARTS) is 1. The maximum atomic E-state index is 11.2. The molecular weight excluding hydrogens is 242 g/mol. The van der Waals surface area contributed by atoms with Gasteiger partial charge >= 0.3 is 6.16 Å². The molecule has 0 bridgehead atoms. The highest BCUT2D eigenvalue weighted by Crippen LogP contribution is 2.09. The second-order valence-corrected chi connectivity index (χ2v) is 3.29. The molecule has 1 unspecified atom stereocenters. The molecule has 7 nitrogen and oxygen atoms in total. The number of rotatable bonds is 5. The van der Waals surface area contributed by atoms with Crippen molar-refractivity contribution in [2.75, 3.05) is 13.2 Å². The molecule has 0 aliphatic heterocycles. The minimum atomic E-state index is -1.56. The Morgan fingerprint density at radius 2 is 2.00 bits per heavy atom. The maximum absolute atomic E-state index is 11.2. The van der Waals surface area contributed by atoms with Crippen LogP contribution in [0.5, 0.6) is 5.75 Å². The van der Waals surface area contributed by atoms with Gasteiger partial charge in [0, 0.05) is 0 Å². The fourth-order valence-corrected chi connectivity index (χ4v) is 1.09. The van der Waals surface area contributed by atoms with Crippen molar-refractivity contribution in [3.63, 3.8) is 0 Å². The Hall–Kier alpha value is -2.28. The third-order valence-corrected chi connectivity index (χ3v) is 1.89. The van der Waals surface area contributed by atoms with Crippen LogP contribution in [0, 0.1) is 0 Å². The fourth-order valence-electron chi connectivity index (χ4n) is 1.09. The first-order chi connectivity index (χ1) is 8.61. The Labute approximate surface area is 103 Å². The SMILES string of the molecule is O=C([O-])NC(CO)COC(=O)Oc1ccccc1. The number of hydrogen-bond acceptors (Lipinski definition) is 6. The Kier molecular flexibility index (Phi) is 5.46. The van der Waals surface area contributed by atoms with Gasteiger partial charge in [-0.3, -0.25) is 0 Å². The average Bonchev–Trinajstić information content (AvgIpc) is 2.35. The van der Waals surface area contributed by atoms with Crippen molar-refractivity contribution in [2.24, 2.45) is 0 Å². The average molecular weight is 254 g/mol. The molecule has 18 heavy (non-hydrogen) atoms. The molecule has 0 radical (unpaired) electrons. The van der Waals surface area contributed by atoms with Gasteiger partial charge in [-0.05, 0) is 12.1 Å². The molecule has 2 N–H and O–H groups in total. The first-order valence-electron chi connectivity index (χ1n) is 5.10. The largest absolute Gasteiger partial charge is 0.530 e. The lowest BCUT2D eigenvalue weighted by Gasteiger charge is -2.17. The maximum Gasteiger partial charge on any atom is 0.513 e. The molecule has 1 amide bonds. The van der Waals surface area contributed by atoms with E-state index in [2.05, 4.69) is 4.74 Å². The Morgan fingerprint density at radius 3 is 2.56 bits per heavy atom. The highest BCUT2D eigenvalue weighted by atomic mass is 16.7. The monoisotopic (exact) mass is 254 g/mol. The summed E-state index contributed by atoms with van der Waals surface area (Å²) in [5, 5.41) is 20.9. The zero-order chi connectivity index (χ0) is 13.4. The summed E-state index contributed by atoms with van der Waals surface area (Å²) in [4.78, 5) is 21.4. The zero-order valence-corrected chi connectivity index (χ0v) is 9.37. The van der Waals surface area contributed by atoms with Crippen LogP contribution < -0.4 is 15.2 Å². The summed E-state index contributed by atoms with van der Waals surface area (Å²) in [7, 11) is 0. The third-order valence-electron chi connectivity index (χ3n) is 1.89. The van der Waals surface area contributed by atoms with Crippen molar-refractivity contribution in [3.05, 3.63) is 30.3 Å². The van der Waals surface area contributed by atoms with Crippen molar-refractivity contribution in [3.8, 4) is 5.75 Å². The van der Waals surface area contributed by atoms with E-state index in [1.807, 2.05) is 5.32 Å². The smallest absolute Gasteiger partial charge is 0.513 e. The van der Waals surface area contributed by atoms with Gasteiger partial charge in [0.1, 0.15) is 18.4 Å². The predicted octanol–water partition coefficient (Wildman–Crippen LogP) is -0.504. The molecule has 0 heterocycles. The number of carbonyl (C=O) groups excluding carboxylic acids is 2. The Balaban J connectivity index is 2.34. The molecule has 7 heteroatoms. The molecule has 0 aliphatic rings. The van der Waals surface area contributed by atoms with E-state index >= 15 is 0 Å². The lowest BCUT2D eigenvalue weighted by atomic mass is 10.3. The molecule has 0 aliphatic carbocycles. The number of benzene rings is 1. The molecule has 1 atom stereocenters. The number of amides is 1. The first-order valence-corrected chi connectivity index (χ1v) is 5.10. The van der Waals surface area contributed by atoms with Gasteiger partial charge in [-0.1, -0.05) is 18.2 Å². The number of aliphatic hydroxyl groups excluding tert-OH is 1. The van der Waals surface area contributed by atoms with E-state index in [0.29, 0.717) is 5.75 Å². The van der Waals surface area contributed by atoms with E-state index in [9.17, 15) is 14.7 Å². The van der Waals surface area contributed by atoms with E-state index in [-0.39, 0.29) is 6.61 Å². The van der Waals surface area contributed by atoms with Gasteiger partial charge in [0.25, 0.3) is 0 Å². The van der Waals surface area contributed by atoms with Crippen molar-refractivity contribution in [1.82, 2.24) is 5.32 Å². The number of carbonyl (C=O) groups is 2. The molecular formula is C11H12NO6-. The summed E-state index contributed by atoms with van der Waals surface area (Å²) in [6.07, 6.45) is -2.55. The summed E-state index contributed by atoms with van der Waals surface area (Å²) < 4.78 is 9.41. The van der Waals surface area contributed by atoms with Gasteiger partial charge in [0.2, 0.25) is 0 Å². The first kappa shape index (κ1) is 13.8. The second-order valence-electron chi connectivity index (χ2n) is 3.29. The van der Waals surface area contributed by atoms with Crippen molar-refractivity contribution < 1.29 is 29.3 Å². The molecule has 0 saturated carbocycles. The van der Waals surface area contributed by atoms with Gasteiger partial charge in [-0.25, -0.2) is 4.79 Å². The van der Waals surface area contributed by atoms with E-state index in [4.69, 9.17) is 9.84 Å². The van der Waals surface area contributed by atoms with Crippen LogP contribution in [0.4, 0.5) is 9.59 Å². The van der Waals surface area contributed by atoms with Gasteiger partial charge in [-0.15, -0.1) is 0 Å². The Morgan fingerprint density at radius 1 is 1.33 bits per heavy atom. The van der Waals surface area contributed by atoms with E-state index in [0.717, 1.165) is 0 Å². The van der Waals surface area contributed by atoms with Crippen molar-refractivity contribution in [2.45, 2.75) is 6.04 Å². The van der Waals surface area contributed by atoms with Crippen LogP contribution in [0.3, 0.4) is 0 Å². The molecule has 0 fully saturated rings. The number of aliphatic hydroxyl groups is 1. The molecule has 0 aromatic heterocycles. The number of para-hydroxylation sites is 1. The molecule has 1 rings (SSSR count). The number of nitrogens with one attached hydrogen (secondary N) is 1. The molecule has 0 spiro atoms. The van der Waals surface area contributed by atoms with Gasteiger partial charge in [0.05, 0.1) is 12.6 Å². The molecule has 1 aromatic rings. The lowest BCUT2D eigenvalue weighted by Crippen LogP contribution is -2.47. The van der Waals surface area contributed by atoms with Crippen LogP contribution in [0.1, 0.15) is 0 Å². The van der Waals surface area contributed by atoms with Crippen LogP contribution in [-0.2, 0) is 4.74 Å². The van der Waals surface area contributed by atoms with Gasteiger partial charge in [-0.2, -0.15) is 0 Å². The Bertz CT molecular complexity index is 394. The molecule has 98 valence electrons. The summed E-state index contributed by atoms with van der Waals surface area (Å²) >= 11 is 0. The molecule has 0 saturated heterocycles. The topological polar surface area (TPSA) is 108 Å². The van der Waals surface area contributed by atoms with Crippen molar-refractivity contribution >= 4 is 12.2 Å². The number of hydrogen-bond donors (Lipinski definition) is 2. The zero-order valence-electron chi connectivity index (χ0n) is 9.37. The van der Waals surface area contributed by atoms with Crippen LogP contribution in [0.25, 0.3) is 0 Å².